The molecule has 9 heteroatoms. The van der Waals surface area contributed by atoms with E-state index in [0.717, 1.165) is 32.6 Å². The fourth-order valence-corrected chi connectivity index (χ4v) is 5.70. The van der Waals surface area contributed by atoms with Crippen molar-refractivity contribution in [2.75, 3.05) is 6.54 Å². The van der Waals surface area contributed by atoms with Gasteiger partial charge in [-0.3, -0.25) is 9.59 Å². The number of aromatic amines is 1. The summed E-state index contributed by atoms with van der Waals surface area (Å²) in [5, 5.41) is 0. The second-order valence-corrected chi connectivity index (χ2v) is 10.00. The summed E-state index contributed by atoms with van der Waals surface area (Å²) < 4.78 is 41.4. The minimum Gasteiger partial charge on any atom is -0.338 e. The molecule has 1 saturated heterocycles. The van der Waals surface area contributed by atoms with Crippen molar-refractivity contribution in [3.63, 3.8) is 0 Å². The number of carbonyl (C=O) groups is 1. The molecule has 0 saturated carbocycles. The Hall–Kier alpha value is -3.10. The van der Waals surface area contributed by atoms with Gasteiger partial charge < -0.3 is 14.5 Å². The summed E-state index contributed by atoms with van der Waals surface area (Å²) in [6, 6.07) is 6.61. The summed E-state index contributed by atoms with van der Waals surface area (Å²) in [6.45, 7) is 6.08. The number of nitrogens with zero attached hydrogens (tertiary/aromatic N) is 3. The number of imidazole rings is 1. The van der Waals surface area contributed by atoms with Crippen molar-refractivity contribution >= 4 is 16.9 Å². The Morgan fingerprint density at radius 3 is 2.61 bits per heavy atom. The zero-order valence-electron chi connectivity index (χ0n) is 18.9. The quantitative estimate of drug-likeness (QED) is 0.601. The number of alkyl halides is 3. The average Bonchev–Trinajstić information content (AvgIpc) is 3.14. The van der Waals surface area contributed by atoms with Crippen LogP contribution in [0.1, 0.15) is 38.3 Å². The molecule has 1 unspecified atom stereocenters. The molecule has 1 amide bonds. The summed E-state index contributed by atoms with van der Waals surface area (Å²) in [5.74, 6) is -1.14. The van der Waals surface area contributed by atoms with Crippen LogP contribution in [0.15, 0.2) is 35.3 Å². The molecule has 6 nitrogen and oxygen atoms in total. The lowest BCUT2D eigenvalue weighted by molar-refractivity contribution is -0.195. The number of hydrogen-bond donors (Lipinski definition) is 1. The Labute approximate surface area is 188 Å². The fourth-order valence-electron chi connectivity index (χ4n) is 5.70. The molecular formula is C24H25F3N4O2. The van der Waals surface area contributed by atoms with Crippen LogP contribution >= 0.6 is 0 Å². The van der Waals surface area contributed by atoms with Gasteiger partial charge in [0.25, 0.3) is 0 Å². The topological polar surface area (TPSA) is 71.0 Å². The van der Waals surface area contributed by atoms with Crippen LogP contribution in [0, 0.1) is 5.41 Å². The lowest BCUT2D eigenvalue weighted by Gasteiger charge is -2.60. The van der Waals surface area contributed by atoms with Gasteiger partial charge in [0, 0.05) is 42.9 Å². The lowest BCUT2D eigenvalue weighted by atomic mass is 9.51. The normalized spacial score (nSPS) is 24.1. The van der Waals surface area contributed by atoms with Gasteiger partial charge in [0.2, 0.25) is 5.56 Å². The Morgan fingerprint density at radius 1 is 1.21 bits per heavy atom. The van der Waals surface area contributed by atoms with E-state index >= 15 is 0 Å². The number of pyridine rings is 1. The summed E-state index contributed by atoms with van der Waals surface area (Å²) in [6.07, 6.45) is -2.39. The SMILES string of the molecule is Cn1cc(-c2nc3cc4c(cc3[nH]2)C[C@@H]2N(C(=O)C(F)(F)F)CCC4(C)C2(C)C)ccc1=O. The van der Waals surface area contributed by atoms with Gasteiger partial charge in [0.1, 0.15) is 5.82 Å². The van der Waals surface area contributed by atoms with Crippen molar-refractivity contribution in [1.82, 2.24) is 19.4 Å². The van der Waals surface area contributed by atoms with Crippen LogP contribution in [0.2, 0.25) is 0 Å². The van der Waals surface area contributed by atoms with E-state index < -0.39 is 29.0 Å². The first-order valence-electron chi connectivity index (χ1n) is 10.9. The largest absolute Gasteiger partial charge is 0.471 e. The number of hydrogen-bond acceptors (Lipinski definition) is 3. The second kappa shape index (κ2) is 6.71. The van der Waals surface area contributed by atoms with Crippen molar-refractivity contribution in [2.24, 2.45) is 12.5 Å². The van der Waals surface area contributed by atoms with Crippen LogP contribution in [-0.4, -0.2) is 44.1 Å². The molecule has 1 aromatic carbocycles. The summed E-state index contributed by atoms with van der Waals surface area (Å²) in [4.78, 5) is 33.0. The van der Waals surface area contributed by atoms with Crippen molar-refractivity contribution in [1.29, 1.82) is 0 Å². The third-order valence-corrected chi connectivity index (χ3v) is 8.06. The van der Waals surface area contributed by atoms with E-state index in [-0.39, 0.29) is 12.1 Å². The van der Waals surface area contributed by atoms with Gasteiger partial charge in [0.15, 0.2) is 0 Å². The standard InChI is InChI=1S/C24H25F3N4O2/c1-22(2)18-10-14-9-16-17(29-20(28-16)13-5-6-19(32)30(4)12-13)11-15(14)23(22,3)7-8-31(18)21(33)24(25,26)27/h5-6,9,11-12,18H,7-8,10H2,1-4H3,(H,28,29)/t18-,23?/m0/s1. The molecule has 5 rings (SSSR count). The van der Waals surface area contributed by atoms with Gasteiger partial charge in [-0.15, -0.1) is 0 Å². The van der Waals surface area contributed by atoms with E-state index in [4.69, 9.17) is 4.98 Å². The van der Waals surface area contributed by atoms with Crippen molar-refractivity contribution < 1.29 is 18.0 Å². The van der Waals surface area contributed by atoms with E-state index in [1.165, 1.54) is 10.6 Å². The van der Waals surface area contributed by atoms with Crippen LogP contribution in [0.4, 0.5) is 13.2 Å². The molecule has 0 radical (unpaired) electrons. The minimum atomic E-state index is -4.89. The molecule has 1 N–H and O–H groups in total. The smallest absolute Gasteiger partial charge is 0.338 e. The molecule has 33 heavy (non-hydrogen) atoms. The van der Waals surface area contributed by atoms with Crippen molar-refractivity contribution in [3.05, 3.63) is 51.9 Å². The second-order valence-electron chi connectivity index (χ2n) is 10.00. The van der Waals surface area contributed by atoms with Crippen LogP contribution < -0.4 is 5.56 Å². The van der Waals surface area contributed by atoms with E-state index in [9.17, 15) is 22.8 Å². The van der Waals surface area contributed by atoms with E-state index in [1.807, 2.05) is 26.0 Å². The fraction of sp³-hybridized carbons (Fsp3) is 0.458. The molecule has 174 valence electrons. The molecule has 0 spiro atoms. The van der Waals surface area contributed by atoms with Crippen molar-refractivity contribution in [2.45, 2.75) is 51.2 Å². The van der Waals surface area contributed by atoms with Crippen LogP contribution in [0.5, 0.6) is 0 Å². The number of rotatable bonds is 1. The first kappa shape index (κ1) is 21.7. The highest BCUT2D eigenvalue weighted by Crippen LogP contribution is 2.56. The highest BCUT2D eigenvalue weighted by Gasteiger charge is 2.59. The zero-order chi connectivity index (χ0) is 23.9. The van der Waals surface area contributed by atoms with Crippen LogP contribution in [0.3, 0.4) is 0 Å². The Kier molecular flexibility index (Phi) is 4.42. The predicted octanol–water partition coefficient (Wildman–Crippen LogP) is 3.93. The third-order valence-electron chi connectivity index (χ3n) is 8.06. The van der Waals surface area contributed by atoms with Gasteiger partial charge in [-0.2, -0.15) is 13.2 Å². The predicted molar refractivity (Wildman–Crippen MR) is 118 cm³/mol. The van der Waals surface area contributed by atoms with Gasteiger partial charge in [-0.1, -0.05) is 20.8 Å². The molecule has 1 fully saturated rings. The van der Waals surface area contributed by atoms with E-state index in [2.05, 4.69) is 11.9 Å². The molecule has 2 aromatic heterocycles. The molecule has 2 atom stereocenters. The molecule has 3 heterocycles. The van der Waals surface area contributed by atoms with Gasteiger partial charge in [0.05, 0.1) is 11.0 Å². The Balaban J connectivity index is 1.62. The average molecular weight is 458 g/mol. The highest BCUT2D eigenvalue weighted by atomic mass is 19.4. The van der Waals surface area contributed by atoms with E-state index in [0.29, 0.717) is 18.7 Å². The number of piperidine rings is 1. The number of aryl methyl sites for hydroxylation is 1. The molecule has 2 bridgehead atoms. The maximum absolute atomic E-state index is 13.3. The number of amides is 1. The number of fused-ring (bicyclic) bond motifs is 5. The zero-order valence-corrected chi connectivity index (χ0v) is 18.9. The number of H-pyrrole nitrogens is 1. The molecular weight excluding hydrogens is 433 g/mol. The van der Waals surface area contributed by atoms with Gasteiger partial charge in [-0.25, -0.2) is 4.98 Å². The van der Waals surface area contributed by atoms with Gasteiger partial charge in [-0.05, 0) is 47.6 Å². The number of halogens is 3. The Bertz CT molecular complexity index is 1350. The maximum Gasteiger partial charge on any atom is 0.471 e. The number of benzene rings is 1. The molecule has 1 aliphatic carbocycles. The van der Waals surface area contributed by atoms with Crippen LogP contribution in [-0.2, 0) is 23.7 Å². The monoisotopic (exact) mass is 458 g/mol. The van der Waals surface area contributed by atoms with Gasteiger partial charge >= 0.3 is 12.1 Å². The Morgan fingerprint density at radius 2 is 1.94 bits per heavy atom. The highest BCUT2D eigenvalue weighted by molar-refractivity contribution is 5.84. The maximum atomic E-state index is 13.3. The number of nitrogens with one attached hydrogen (secondary N) is 1. The first-order chi connectivity index (χ1) is 15.3. The van der Waals surface area contributed by atoms with E-state index in [1.54, 1.807) is 19.3 Å². The lowest BCUT2D eigenvalue weighted by Crippen LogP contribution is -2.66. The number of likely N-dealkylation sites (tertiary alicyclic amines) is 1. The molecule has 1 aliphatic heterocycles. The summed E-state index contributed by atoms with van der Waals surface area (Å²) >= 11 is 0. The minimum absolute atomic E-state index is 0.0737. The number of carbonyl (C=O) groups excluding carboxylic acids is 1. The first-order valence-corrected chi connectivity index (χ1v) is 10.9. The van der Waals surface area contributed by atoms with Crippen LogP contribution in [0.25, 0.3) is 22.4 Å². The molecule has 3 aromatic rings. The van der Waals surface area contributed by atoms with Crippen molar-refractivity contribution in [3.8, 4) is 11.4 Å². The summed E-state index contributed by atoms with van der Waals surface area (Å²) in [7, 11) is 1.67. The summed E-state index contributed by atoms with van der Waals surface area (Å²) in [5.41, 5.74) is 3.23. The molecule has 2 aliphatic rings. The third kappa shape index (κ3) is 3.04. The number of aromatic nitrogens is 3.